The van der Waals surface area contributed by atoms with Gasteiger partial charge in [-0.2, -0.15) is 0 Å². The van der Waals surface area contributed by atoms with Crippen LogP contribution in [0.15, 0.2) is 243 Å². The summed E-state index contributed by atoms with van der Waals surface area (Å²) in [6, 6.07) is 90.8. The van der Waals surface area contributed by atoms with E-state index in [1.807, 2.05) is 22.7 Å². The summed E-state index contributed by atoms with van der Waals surface area (Å²) in [6.07, 6.45) is 0. The highest BCUT2D eigenvalue weighted by molar-refractivity contribution is 7.26. The summed E-state index contributed by atoms with van der Waals surface area (Å²) < 4.78 is 7.79. The Morgan fingerprint density at radius 3 is 1.46 bits per heavy atom. The maximum Gasteiger partial charge on any atom is 0.252 e. The van der Waals surface area contributed by atoms with Gasteiger partial charge in [-0.1, -0.05) is 182 Å². The molecule has 0 atom stereocenters. The molecule has 16 rings (SSSR count). The van der Waals surface area contributed by atoms with Gasteiger partial charge in [0.2, 0.25) is 0 Å². The molecule has 72 heavy (non-hydrogen) atoms. The second kappa shape index (κ2) is 15.4. The van der Waals surface area contributed by atoms with Crippen LogP contribution in [-0.2, 0) is 0 Å². The molecular weight excluding hydrogens is 910 g/mol. The van der Waals surface area contributed by atoms with Gasteiger partial charge in [-0.3, -0.25) is 0 Å². The summed E-state index contributed by atoms with van der Waals surface area (Å²) >= 11 is 3.78. The van der Waals surface area contributed by atoms with Gasteiger partial charge in [-0.05, 0) is 93.6 Å². The lowest BCUT2D eigenvalue weighted by molar-refractivity contribution is 1.16. The van der Waals surface area contributed by atoms with E-state index in [-0.39, 0.29) is 6.71 Å². The lowest BCUT2D eigenvalue weighted by Gasteiger charge is -2.44. The van der Waals surface area contributed by atoms with E-state index in [9.17, 15) is 0 Å². The number of thiophene rings is 2. The molecule has 2 aliphatic rings. The quantitative estimate of drug-likeness (QED) is 0.159. The fraction of sp³-hybridized carbons (Fsp3) is 0. The number of aromatic nitrogens is 1. The summed E-state index contributed by atoms with van der Waals surface area (Å²) in [5.41, 5.74) is 19.2. The van der Waals surface area contributed by atoms with E-state index in [0.29, 0.717) is 0 Å². The van der Waals surface area contributed by atoms with E-state index >= 15 is 0 Å². The number of rotatable bonds is 5. The van der Waals surface area contributed by atoms with Crippen LogP contribution in [0.1, 0.15) is 0 Å². The summed E-state index contributed by atoms with van der Waals surface area (Å²) in [6.45, 7) is -0.0412. The van der Waals surface area contributed by atoms with Gasteiger partial charge in [0, 0.05) is 91.0 Å². The van der Waals surface area contributed by atoms with Crippen molar-refractivity contribution in [1.82, 2.24) is 4.57 Å². The summed E-state index contributed by atoms with van der Waals surface area (Å²) in [4.78, 5) is 5.15. The summed E-state index contributed by atoms with van der Waals surface area (Å²) in [7, 11) is 0. The van der Waals surface area contributed by atoms with Crippen LogP contribution in [0.25, 0.3) is 90.1 Å². The predicted molar refractivity (Wildman–Crippen MR) is 311 cm³/mol. The van der Waals surface area contributed by atoms with E-state index in [1.165, 1.54) is 124 Å². The van der Waals surface area contributed by atoms with E-state index < -0.39 is 0 Å². The van der Waals surface area contributed by atoms with E-state index in [0.717, 1.165) is 17.1 Å². The molecule has 0 amide bonds. The maximum absolute atomic E-state index is 2.61. The van der Waals surface area contributed by atoms with Gasteiger partial charge in [0.15, 0.2) is 0 Å². The van der Waals surface area contributed by atoms with Crippen molar-refractivity contribution in [2.75, 3.05) is 9.80 Å². The molecule has 0 radical (unpaired) electrons. The molecule has 3 nitrogen and oxygen atoms in total. The number of nitrogens with zero attached hydrogens (tertiary/aromatic N) is 3. The van der Waals surface area contributed by atoms with Crippen LogP contribution < -0.4 is 26.2 Å². The Balaban J connectivity index is 1.09. The molecule has 5 heterocycles. The third-order valence-corrected chi connectivity index (χ3v) is 17.6. The Bertz CT molecular complexity index is 4440. The van der Waals surface area contributed by atoms with Gasteiger partial charge in [0.05, 0.1) is 16.7 Å². The van der Waals surface area contributed by atoms with Gasteiger partial charge in [-0.25, -0.2) is 0 Å². The lowest BCUT2D eigenvalue weighted by atomic mass is 9.33. The standard InChI is InChI=1S/C66H40BN3S2/c1-4-18-41(19-5-1)46-26-16-28-51-52-29-17-27-47(42-20-6-2-7-21-42)66(52)70(65(46)51)45-36-58-64-59(37-45)69(44-34-35-50-48-24-10-14-32-60(48)71-62(50)38-44)57-40-63-53(49-25-11-15-33-61(49)72-63)39-55(57)67(64)54-30-12-13-31-56(54)68(58)43-22-8-3-9-23-43/h1-40H. The van der Waals surface area contributed by atoms with Gasteiger partial charge in [0.1, 0.15) is 0 Å². The third kappa shape index (κ3) is 5.73. The molecule has 11 aromatic carbocycles. The zero-order valence-corrected chi connectivity index (χ0v) is 40.5. The van der Waals surface area contributed by atoms with Crippen LogP contribution >= 0.6 is 22.7 Å². The highest BCUT2D eigenvalue weighted by atomic mass is 32.1. The monoisotopic (exact) mass is 949 g/mol. The number of hydrogen-bond donors (Lipinski definition) is 0. The van der Waals surface area contributed by atoms with E-state index in [1.54, 1.807) is 0 Å². The third-order valence-electron chi connectivity index (χ3n) is 15.3. The van der Waals surface area contributed by atoms with Gasteiger partial charge in [0.25, 0.3) is 6.71 Å². The second-order valence-electron chi connectivity index (χ2n) is 19.2. The van der Waals surface area contributed by atoms with Crippen molar-refractivity contribution >= 4 is 142 Å². The molecule has 14 aromatic rings. The van der Waals surface area contributed by atoms with Crippen LogP contribution in [0.2, 0.25) is 0 Å². The normalized spacial score (nSPS) is 12.9. The summed E-state index contributed by atoms with van der Waals surface area (Å²) in [5.74, 6) is 0. The van der Waals surface area contributed by atoms with Crippen molar-refractivity contribution in [3.8, 4) is 27.9 Å². The van der Waals surface area contributed by atoms with Crippen LogP contribution in [0.3, 0.4) is 0 Å². The Morgan fingerprint density at radius 2 is 0.806 bits per heavy atom. The topological polar surface area (TPSA) is 11.4 Å². The molecule has 0 spiro atoms. The number of hydrogen-bond acceptors (Lipinski definition) is 4. The maximum atomic E-state index is 2.61. The Kier molecular flexibility index (Phi) is 8.58. The molecule has 2 aliphatic heterocycles. The first kappa shape index (κ1) is 40.1. The molecule has 6 heteroatoms. The Labute approximate surface area is 424 Å². The fourth-order valence-electron chi connectivity index (χ4n) is 12.3. The molecule has 334 valence electrons. The van der Waals surface area contributed by atoms with Gasteiger partial charge >= 0.3 is 0 Å². The average Bonchev–Trinajstić information content (AvgIpc) is 4.12. The predicted octanol–water partition coefficient (Wildman–Crippen LogP) is 16.9. The molecule has 3 aromatic heterocycles. The molecule has 0 saturated carbocycles. The first-order valence-electron chi connectivity index (χ1n) is 24.7. The fourth-order valence-corrected chi connectivity index (χ4v) is 14.6. The number of para-hydroxylation sites is 4. The molecule has 0 unspecified atom stereocenters. The van der Waals surface area contributed by atoms with Crippen molar-refractivity contribution in [3.63, 3.8) is 0 Å². The summed E-state index contributed by atoms with van der Waals surface area (Å²) in [5, 5.41) is 7.67. The van der Waals surface area contributed by atoms with Crippen LogP contribution in [0, 0.1) is 0 Å². The average molecular weight is 950 g/mol. The van der Waals surface area contributed by atoms with Crippen LogP contribution in [0.4, 0.5) is 34.1 Å². The number of benzene rings is 11. The van der Waals surface area contributed by atoms with Gasteiger partial charge < -0.3 is 14.4 Å². The van der Waals surface area contributed by atoms with E-state index in [2.05, 4.69) is 257 Å². The van der Waals surface area contributed by atoms with Crippen molar-refractivity contribution in [3.05, 3.63) is 243 Å². The minimum Gasteiger partial charge on any atom is -0.311 e. The second-order valence-corrected chi connectivity index (χ2v) is 21.3. The largest absolute Gasteiger partial charge is 0.311 e. The lowest BCUT2D eigenvalue weighted by Crippen LogP contribution is -2.61. The number of fused-ring (bicyclic) bond motifs is 13. The van der Waals surface area contributed by atoms with Crippen molar-refractivity contribution in [2.45, 2.75) is 0 Å². The van der Waals surface area contributed by atoms with Crippen LogP contribution in [0.5, 0.6) is 0 Å². The molecule has 0 aliphatic carbocycles. The van der Waals surface area contributed by atoms with Gasteiger partial charge in [-0.15, -0.1) is 22.7 Å². The van der Waals surface area contributed by atoms with Crippen molar-refractivity contribution in [1.29, 1.82) is 0 Å². The van der Waals surface area contributed by atoms with E-state index in [4.69, 9.17) is 0 Å². The van der Waals surface area contributed by atoms with Crippen LogP contribution in [-0.4, -0.2) is 11.3 Å². The Morgan fingerprint density at radius 1 is 0.292 bits per heavy atom. The smallest absolute Gasteiger partial charge is 0.252 e. The van der Waals surface area contributed by atoms with Crippen molar-refractivity contribution < 1.29 is 0 Å². The number of anilines is 6. The first-order chi connectivity index (χ1) is 35.7. The van der Waals surface area contributed by atoms with Crippen molar-refractivity contribution in [2.24, 2.45) is 0 Å². The highest BCUT2D eigenvalue weighted by Crippen LogP contribution is 2.50. The SMILES string of the molecule is c1ccc(-c2cccc3c4cccc(-c5ccccc5)c4n(-c4cc5c6c(c4)N(c4ccc7c(c4)sc4ccccc47)c4cc7sc8ccccc8c7cc4B6c4ccccc4N5c4ccccc4)c23)cc1. The highest BCUT2D eigenvalue weighted by Gasteiger charge is 2.44. The molecule has 0 N–H and O–H groups in total. The molecule has 0 fully saturated rings. The zero-order valence-electron chi connectivity index (χ0n) is 38.8. The molecular formula is C66H40BN3S2. The zero-order chi connectivity index (χ0) is 47.0. The Hall–Kier alpha value is -8.68. The minimum atomic E-state index is -0.0412. The first-order valence-corrected chi connectivity index (χ1v) is 26.3. The minimum absolute atomic E-state index is 0.0412. The molecule has 0 saturated heterocycles. The molecule has 0 bridgehead atoms.